The number of piperidine rings is 1. The Labute approximate surface area is 106 Å². The summed E-state index contributed by atoms with van der Waals surface area (Å²) in [5.74, 6) is -3.84. The highest BCUT2D eigenvalue weighted by Crippen LogP contribution is 2.41. The standard InChI is InChI=1S/C14H17F2NO/c15-14(16)12-7-17(8-13(14)10-18-9-12)6-11-4-2-1-3-5-11/h1-5,12-13H,6-10H2. The molecule has 0 N–H and O–H groups in total. The maximum atomic E-state index is 13.9. The van der Waals surface area contributed by atoms with Gasteiger partial charge in [0.1, 0.15) is 0 Å². The van der Waals surface area contributed by atoms with E-state index in [0.717, 1.165) is 6.54 Å². The molecule has 4 heteroatoms. The number of halogens is 2. The lowest BCUT2D eigenvalue weighted by molar-refractivity contribution is -0.217. The molecule has 2 saturated heterocycles. The normalized spacial score (nSPS) is 31.2. The SMILES string of the molecule is FC1(F)C2COCC1CN(Cc1ccccc1)C2. The molecule has 0 radical (unpaired) electrons. The molecule has 2 heterocycles. The summed E-state index contributed by atoms with van der Waals surface area (Å²) in [7, 11) is 0. The van der Waals surface area contributed by atoms with Crippen LogP contribution in [0.15, 0.2) is 30.3 Å². The van der Waals surface area contributed by atoms with E-state index < -0.39 is 17.8 Å². The zero-order valence-corrected chi connectivity index (χ0v) is 10.2. The van der Waals surface area contributed by atoms with Crippen molar-refractivity contribution >= 4 is 0 Å². The first-order chi connectivity index (χ1) is 8.66. The van der Waals surface area contributed by atoms with Crippen LogP contribution in [-0.4, -0.2) is 37.1 Å². The van der Waals surface area contributed by atoms with E-state index in [4.69, 9.17) is 4.74 Å². The Morgan fingerprint density at radius 1 is 1.11 bits per heavy atom. The second-order valence-electron chi connectivity index (χ2n) is 5.29. The number of benzene rings is 1. The Morgan fingerprint density at radius 2 is 1.72 bits per heavy atom. The van der Waals surface area contributed by atoms with E-state index in [1.807, 2.05) is 30.3 Å². The summed E-state index contributed by atoms with van der Waals surface area (Å²) >= 11 is 0. The van der Waals surface area contributed by atoms with Crippen molar-refractivity contribution in [3.05, 3.63) is 35.9 Å². The van der Waals surface area contributed by atoms with Gasteiger partial charge in [-0.3, -0.25) is 4.90 Å². The van der Waals surface area contributed by atoms with Gasteiger partial charge >= 0.3 is 0 Å². The number of ether oxygens (including phenoxy) is 1. The average molecular weight is 253 g/mol. The molecule has 0 aromatic heterocycles. The summed E-state index contributed by atoms with van der Waals surface area (Å²) in [6.45, 7) is 1.99. The molecule has 0 spiro atoms. The van der Waals surface area contributed by atoms with Gasteiger partial charge in [-0.1, -0.05) is 30.3 Å². The highest BCUT2D eigenvalue weighted by Gasteiger charge is 2.53. The van der Waals surface area contributed by atoms with Crippen LogP contribution in [0.5, 0.6) is 0 Å². The van der Waals surface area contributed by atoms with Crippen LogP contribution in [0.25, 0.3) is 0 Å². The minimum atomic E-state index is -2.55. The molecular formula is C14H17F2NO. The van der Waals surface area contributed by atoms with Crippen LogP contribution in [0.2, 0.25) is 0 Å². The Morgan fingerprint density at radius 3 is 2.33 bits per heavy atom. The minimum Gasteiger partial charge on any atom is -0.380 e. The summed E-state index contributed by atoms with van der Waals surface area (Å²) in [4.78, 5) is 2.13. The Hall–Kier alpha value is -1.00. The summed E-state index contributed by atoms with van der Waals surface area (Å²) in [6, 6.07) is 10.0. The lowest BCUT2D eigenvalue weighted by Gasteiger charge is -2.46. The summed E-state index contributed by atoms with van der Waals surface area (Å²) in [6.07, 6.45) is 0. The van der Waals surface area contributed by atoms with Crippen molar-refractivity contribution in [3.8, 4) is 0 Å². The number of alkyl halides is 2. The van der Waals surface area contributed by atoms with Crippen molar-refractivity contribution in [1.29, 1.82) is 0 Å². The van der Waals surface area contributed by atoms with Crippen LogP contribution in [0.3, 0.4) is 0 Å². The predicted octanol–water partition coefficient (Wildman–Crippen LogP) is 2.40. The predicted molar refractivity (Wildman–Crippen MR) is 64.5 cm³/mol. The van der Waals surface area contributed by atoms with Gasteiger partial charge in [0.25, 0.3) is 5.92 Å². The molecular weight excluding hydrogens is 236 g/mol. The second-order valence-corrected chi connectivity index (χ2v) is 5.29. The fraction of sp³-hybridized carbons (Fsp3) is 0.571. The zero-order valence-electron chi connectivity index (χ0n) is 10.2. The molecule has 1 aromatic carbocycles. The average Bonchev–Trinajstić information content (AvgIpc) is 2.31. The van der Waals surface area contributed by atoms with Gasteiger partial charge in [0, 0.05) is 19.6 Å². The van der Waals surface area contributed by atoms with Gasteiger partial charge in [-0.15, -0.1) is 0 Å². The zero-order chi connectivity index (χ0) is 12.6. The van der Waals surface area contributed by atoms with Crippen molar-refractivity contribution in [3.63, 3.8) is 0 Å². The highest BCUT2D eigenvalue weighted by atomic mass is 19.3. The van der Waals surface area contributed by atoms with Crippen molar-refractivity contribution in [2.45, 2.75) is 12.5 Å². The number of likely N-dealkylation sites (tertiary alicyclic amines) is 1. The lowest BCUT2D eigenvalue weighted by Crippen LogP contribution is -2.59. The van der Waals surface area contributed by atoms with Crippen molar-refractivity contribution < 1.29 is 13.5 Å². The molecule has 0 amide bonds. The van der Waals surface area contributed by atoms with Crippen molar-refractivity contribution in [2.24, 2.45) is 11.8 Å². The topological polar surface area (TPSA) is 12.5 Å². The molecule has 2 fully saturated rings. The maximum absolute atomic E-state index is 13.9. The van der Waals surface area contributed by atoms with Crippen molar-refractivity contribution in [2.75, 3.05) is 26.3 Å². The summed E-state index contributed by atoms with van der Waals surface area (Å²) < 4.78 is 33.1. The van der Waals surface area contributed by atoms with E-state index in [1.54, 1.807) is 0 Å². The third kappa shape index (κ3) is 2.15. The van der Waals surface area contributed by atoms with E-state index in [2.05, 4.69) is 4.90 Å². The number of fused-ring (bicyclic) bond motifs is 2. The van der Waals surface area contributed by atoms with Gasteiger partial charge in [0.05, 0.1) is 25.0 Å². The van der Waals surface area contributed by atoms with Crippen LogP contribution < -0.4 is 0 Å². The lowest BCUT2D eigenvalue weighted by atomic mass is 9.83. The van der Waals surface area contributed by atoms with Gasteiger partial charge in [0.2, 0.25) is 0 Å². The second kappa shape index (κ2) is 4.59. The quantitative estimate of drug-likeness (QED) is 0.802. The number of hydrogen-bond acceptors (Lipinski definition) is 2. The maximum Gasteiger partial charge on any atom is 0.260 e. The molecule has 2 unspecified atom stereocenters. The molecule has 2 bridgehead atoms. The van der Waals surface area contributed by atoms with Gasteiger partial charge in [-0.05, 0) is 5.56 Å². The fourth-order valence-electron chi connectivity index (χ4n) is 2.93. The van der Waals surface area contributed by atoms with Gasteiger partial charge in [-0.2, -0.15) is 0 Å². The summed E-state index contributed by atoms with van der Waals surface area (Å²) in [5, 5.41) is 0. The fourth-order valence-corrected chi connectivity index (χ4v) is 2.93. The molecule has 2 nitrogen and oxygen atoms in total. The monoisotopic (exact) mass is 253 g/mol. The first kappa shape index (κ1) is 12.1. The first-order valence-electron chi connectivity index (χ1n) is 6.38. The minimum absolute atomic E-state index is 0.189. The van der Waals surface area contributed by atoms with E-state index in [0.29, 0.717) is 13.1 Å². The van der Waals surface area contributed by atoms with E-state index in [1.165, 1.54) is 5.56 Å². The Balaban J connectivity index is 1.70. The van der Waals surface area contributed by atoms with E-state index in [-0.39, 0.29) is 13.2 Å². The largest absolute Gasteiger partial charge is 0.380 e. The molecule has 3 rings (SSSR count). The Bertz CT molecular complexity index is 394. The summed E-state index contributed by atoms with van der Waals surface area (Å²) in [5.41, 5.74) is 1.18. The van der Waals surface area contributed by atoms with Gasteiger partial charge < -0.3 is 4.74 Å². The third-order valence-corrected chi connectivity index (χ3v) is 3.93. The molecule has 0 aliphatic carbocycles. The number of rotatable bonds is 2. The van der Waals surface area contributed by atoms with Crippen molar-refractivity contribution in [1.82, 2.24) is 4.90 Å². The molecule has 1 aromatic rings. The molecule has 18 heavy (non-hydrogen) atoms. The molecule has 2 atom stereocenters. The van der Waals surface area contributed by atoms with Crippen LogP contribution in [0.4, 0.5) is 8.78 Å². The van der Waals surface area contributed by atoms with Gasteiger partial charge in [-0.25, -0.2) is 8.78 Å². The number of hydrogen-bond donors (Lipinski definition) is 0. The molecule has 2 aliphatic heterocycles. The highest BCUT2D eigenvalue weighted by molar-refractivity contribution is 5.14. The molecule has 2 aliphatic rings. The third-order valence-electron chi connectivity index (χ3n) is 3.93. The van der Waals surface area contributed by atoms with Crippen LogP contribution in [0.1, 0.15) is 5.56 Å². The van der Waals surface area contributed by atoms with E-state index in [9.17, 15) is 8.78 Å². The van der Waals surface area contributed by atoms with Crippen LogP contribution in [0, 0.1) is 11.8 Å². The molecule has 98 valence electrons. The van der Waals surface area contributed by atoms with Crippen LogP contribution in [-0.2, 0) is 11.3 Å². The van der Waals surface area contributed by atoms with E-state index >= 15 is 0 Å². The van der Waals surface area contributed by atoms with Crippen LogP contribution >= 0.6 is 0 Å². The smallest absolute Gasteiger partial charge is 0.260 e. The van der Waals surface area contributed by atoms with Gasteiger partial charge in [0.15, 0.2) is 0 Å². The molecule has 0 saturated carbocycles. The number of nitrogens with zero attached hydrogens (tertiary/aromatic N) is 1. The first-order valence-corrected chi connectivity index (χ1v) is 6.38. The Kier molecular flexibility index (Phi) is 3.08.